The first-order chi connectivity index (χ1) is 10.3. The summed E-state index contributed by atoms with van der Waals surface area (Å²) in [5, 5.41) is 13.8. The zero-order valence-electron chi connectivity index (χ0n) is 10.6. The molecule has 22 heavy (non-hydrogen) atoms. The first-order valence-electron chi connectivity index (χ1n) is 5.69. The molecule has 2 aromatic carbocycles. The van der Waals surface area contributed by atoms with Gasteiger partial charge in [0.05, 0.1) is 36.3 Å². The fourth-order valence-corrected chi connectivity index (χ4v) is 2.46. The molecule has 0 fully saturated rings. The standard InChI is InChI=1S/C13H6Cl4N2O3/c14-8-3-6(19(21)22)1-2-7(8)13(20)18-12-5-10(16)9(15)4-11(12)17/h1-5H,(H,18,20). The summed E-state index contributed by atoms with van der Waals surface area (Å²) in [6.07, 6.45) is 0. The number of carbonyl (C=O) groups excluding carboxylic acids is 1. The van der Waals surface area contributed by atoms with Crippen molar-refractivity contribution in [1.29, 1.82) is 0 Å². The maximum atomic E-state index is 12.2. The van der Waals surface area contributed by atoms with Gasteiger partial charge in [-0.25, -0.2) is 0 Å². The van der Waals surface area contributed by atoms with E-state index >= 15 is 0 Å². The molecule has 1 N–H and O–H groups in total. The van der Waals surface area contributed by atoms with Crippen LogP contribution in [-0.2, 0) is 0 Å². The zero-order chi connectivity index (χ0) is 16.4. The van der Waals surface area contributed by atoms with Gasteiger partial charge in [-0.3, -0.25) is 14.9 Å². The van der Waals surface area contributed by atoms with Crippen LogP contribution in [0.2, 0.25) is 20.1 Å². The summed E-state index contributed by atoms with van der Waals surface area (Å²) < 4.78 is 0. The molecule has 0 atom stereocenters. The van der Waals surface area contributed by atoms with Crippen molar-refractivity contribution in [2.45, 2.75) is 0 Å². The van der Waals surface area contributed by atoms with Crippen molar-refractivity contribution in [3.8, 4) is 0 Å². The van der Waals surface area contributed by atoms with Gasteiger partial charge in [-0.05, 0) is 18.2 Å². The van der Waals surface area contributed by atoms with Crippen molar-refractivity contribution in [2.75, 3.05) is 5.32 Å². The minimum absolute atomic E-state index is 0.0529. The van der Waals surface area contributed by atoms with Gasteiger partial charge in [-0.1, -0.05) is 46.4 Å². The molecule has 9 heteroatoms. The van der Waals surface area contributed by atoms with Crippen LogP contribution in [0.1, 0.15) is 10.4 Å². The van der Waals surface area contributed by atoms with Gasteiger partial charge >= 0.3 is 0 Å². The van der Waals surface area contributed by atoms with Gasteiger partial charge in [0.1, 0.15) is 0 Å². The fourth-order valence-electron chi connectivity index (χ4n) is 1.61. The minimum atomic E-state index is -0.608. The summed E-state index contributed by atoms with van der Waals surface area (Å²) in [5.41, 5.74) is 0.0963. The normalized spacial score (nSPS) is 10.4. The first-order valence-corrected chi connectivity index (χ1v) is 7.20. The van der Waals surface area contributed by atoms with Gasteiger partial charge in [0.2, 0.25) is 0 Å². The number of benzene rings is 2. The van der Waals surface area contributed by atoms with Gasteiger partial charge in [-0.15, -0.1) is 0 Å². The van der Waals surface area contributed by atoms with Gasteiger partial charge in [0.15, 0.2) is 0 Å². The Bertz CT molecular complexity index is 780. The van der Waals surface area contributed by atoms with Gasteiger partial charge < -0.3 is 5.32 Å². The van der Waals surface area contributed by atoms with E-state index in [1.807, 2.05) is 0 Å². The Balaban J connectivity index is 2.30. The molecule has 0 aliphatic carbocycles. The van der Waals surface area contributed by atoms with E-state index in [9.17, 15) is 14.9 Å². The molecule has 0 aromatic heterocycles. The van der Waals surface area contributed by atoms with E-state index in [2.05, 4.69) is 5.32 Å². The number of nitrogens with zero attached hydrogens (tertiary/aromatic N) is 1. The van der Waals surface area contributed by atoms with Crippen LogP contribution in [0.15, 0.2) is 30.3 Å². The van der Waals surface area contributed by atoms with Crippen LogP contribution >= 0.6 is 46.4 Å². The second-order valence-electron chi connectivity index (χ2n) is 4.12. The number of carbonyl (C=O) groups is 1. The topological polar surface area (TPSA) is 72.2 Å². The third-order valence-electron chi connectivity index (χ3n) is 2.67. The highest BCUT2D eigenvalue weighted by atomic mass is 35.5. The van der Waals surface area contributed by atoms with E-state index in [-0.39, 0.29) is 37.0 Å². The number of nitro benzene ring substituents is 1. The number of anilines is 1. The van der Waals surface area contributed by atoms with Crippen LogP contribution < -0.4 is 5.32 Å². The Labute approximate surface area is 144 Å². The van der Waals surface area contributed by atoms with Crippen LogP contribution in [0.25, 0.3) is 0 Å². The van der Waals surface area contributed by atoms with Crippen LogP contribution in [-0.4, -0.2) is 10.8 Å². The third kappa shape index (κ3) is 3.62. The number of rotatable bonds is 3. The molecule has 2 aromatic rings. The van der Waals surface area contributed by atoms with Crippen molar-refractivity contribution >= 4 is 63.7 Å². The molecule has 0 radical (unpaired) electrons. The quantitative estimate of drug-likeness (QED) is 0.437. The smallest absolute Gasteiger partial charge is 0.270 e. The fraction of sp³-hybridized carbons (Fsp3) is 0. The highest BCUT2D eigenvalue weighted by Gasteiger charge is 2.16. The van der Waals surface area contributed by atoms with Crippen molar-refractivity contribution in [3.05, 3.63) is 66.1 Å². The number of non-ortho nitro benzene ring substituents is 1. The summed E-state index contributed by atoms with van der Waals surface area (Å²) in [4.78, 5) is 22.2. The number of hydrogen-bond acceptors (Lipinski definition) is 3. The predicted molar refractivity (Wildman–Crippen MR) is 87.5 cm³/mol. The highest BCUT2D eigenvalue weighted by molar-refractivity contribution is 6.44. The molecular formula is C13H6Cl4N2O3. The Morgan fingerprint density at radius 1 is 0.955 bits per heavy atom. The summed E-state index contributed by atoms with van der Waals surface area (Å²) >= 11 is 23.5. The van der Waals surface area contributed by atoms with Crippen LogP contribution in [0.5, 0.6) is 0 Å². The monoisotopic (exact) mass is 378 g/mol. The molecular weight excluding hydrogens is 374 g/mol. The maximum Gasteiger partial charge on any atom is 0.270 e. The summed E-state index contributed by atoms with van der Waals surface area (Å²) in [6.45, 7) is 0. The molecule has 0 unspecified atom stereocenters. The number of nitro groups is 1. The second kappa shape index (κ2) is 6.71. The molecule has 0 bridgehead atoms. The van der Waals surface area contributed by atoms with Crippen LogP contribution in [0.4, 0.5) is 11.4 Å². The van der Waals surface area contributed by atoms with E-state index in [0.29, 0.717) is 0 Å². The van der Waals surface area contributed by atoms with Gasteiger partial charge in [0.25, 0.3) is 11.6 Å². The highest BCUT2D eigenvalue weighted by Crippen LogP contribution is 2.33. The summed E-state index contributed by atoms with van der Waals surface area (Å²) in [5.74, 6) is -0.583. The van der Waals surface area contributed by atoms with Gasteiger partial charge in [0, 0.05) is 12.1 Å². The van der Waals surface area contributed by atoms with Crippen molar-refractivity contribution < 1.29 is 9.72 Å². The van der Waals surface area contributed by atoms with Gasteiger partial charge in [-0.2, -0.15) is 0 Å². The van der Waals surface area contributed by atoms with E-state index in [0.717, 1.165) is 6.07 Å². The maximum absolute atomic E-state index is 12.2. The Kier molecular flexibility index (Phi) is 5.13. The number of amides is 1. The number of nitrogens with one attached hydrogen (secondary N) is 1. The summed E-state index contributed by atoms with van der Waals surface area (Å²) in [7, 11) is 0. The molecule has 1 amide bonds. The van der Waals surface area contributed by atoms with E-state index in [1.165, 1.54) is 24.3 Å². The van der Waals surface area contributed by atoms with E-state index in [4.69, 9.17) is 46.4 Å². The van der Waals surface area contributed by atoms with Crippen molar-refractivity contribution in [1.82, 2.24) is 0 Å². The molecule has 2 rings (SSSR count). The molecule has 0 aliphatic heterocycles. The average Bonchev–Trinajstić information content (AvgIpc) is 2.44. The SMILES string of the molecule is O=C(Nc1cc(Cl)c(Cl)cc1Cl)c1ccc([N+](=O)[O-])cc1Cl. The molecule has 5 nitrogen and oxygen atoms in total. The summed E-state index contributed by atoms with van der Waals surface area (Å²) in [6, 6.07) is 6.30. The average molecular weight is 380 g/mol. The lowest BCUT2D eigenvalue weighted by atomic mass is 10.2. The molecule has 0 saturated carbocycles. The Morgan fingerprint density at radius 3 is 2.18 bits per heavy atom. The zero-order valence-corrected chi connectivity index (χ0v) is 13.6. The van der Waals surface area contributed by atoms with E-state index in [1.54, 1.807) is 0 Å². The Morgan fingerprint density at radius 2 is 1.59 bits per heavy atom. The first kappa shape index (κ1) is 16.8. The van der Waals surface area contributed by atoms with Crippen LogP contribution in [0, 0.1) is 10.1 Å². The number of hydrogen-bond donors (Lipinski definition) is 1. The lowest BCUT2D eigenvalue weighted by Gasteiger charge is -2.09. The van der Waals surface area contributed by atoms with Crippen molar-refractivity contribution in [3.63, 3.8) is 0 Å². The molecule has 0 heterocycles. The predicted octanol–water partition coefficient (Wildman–Crippen LogP) is 5.46. The lowest BCUT2D eigenvalue weighted by Crippen LogP contribution is -2.13. The third-order valence-corrected chi connectivity index (χ3v) is 4.01. The van der Waals surface area contributed by atoms with Crippen molar-refractivity contribution in [2.24, 2.45) is 0 Å². The Hall–Kier alpha value is -1.53. The number of halogens is 4. The largest absolute Gasteiger partial charge is 0.321 e. The molecule has 0 aliphatic rings. The van der Waals surface area contributed by atoms with E-state index < -0.39 is 10.8 Å². The lowest BCUT2D eigenvalue weighted by molar-refractivity contribution is -0.384. The minimum Gasteiger partial charge on any atom is -0.321 e. The molecule has 114 valence electrons. The molecule has 0 spiro atoms. The second-order valence-corrected chi connectivity index (χ2v) is 5.75. The molecule has 0 saturated heterocycles. The van der Waals surface area contributed by atoms with Crippen LogP contribution in [0.3, 0.4) is 0 Å².